The van der Waals surface area contributed by atoms with Gasteiger partial charge in [0.05, 0.1) is 6.10 Å². The first kappa shape index (κ1) is 14.0. The highest BCUT2D eigenvalue weighted by atomic mass is 16.3. The molecule has 1 N–H and O–H groups in total. The van der Waals surface area contributed by atoms with Crippen molar-refractivity contribution in [2.45, 2.75) is 52.1 Å². The Morgan fingerprint density at radius 1 is 1.24 bits per heavy atom. The molecule has 0 fully saturated rings. The number of rotatable bonds is 6. The smallest absolute Gasteiger partial charge is 0.0512 e. The third-order valence-corrected chi connectivity index (χ3v) is 2.88. The van der Waals surface area contributed by atoms with Crippen LogP contribution in [0, 0.1) is 0 Å². The van der Waals surface area contributed by atoms with Crippen LogP contribution in [-0.4, -0.2) is 11.2 Å². The molecule has 94 valence electrons. The summed E-state index contributed by atoms with van der Waals surface area (Å²) in [5, 5.41) is 9.14. The third kappa shape index (κ3) is 5.69. The lowest BCUT2D eigenvalue weighted by Crippen LogP contribution is -1.97. The molecule has 0 aliphatic heterocycles. The predicted molar refractivity (Wildman–Crippen MR) is 75.1 cm³/mol. The molecule has 17 heavy (non-hydrogen) atoms. The van der Waals surface area contributed by atoms with E-state index in [1.54, 1.807) is 0 Å². The van der Waals surface area contributed by atoms with Crippen molar-refractivity contribution >= 4 is 6.08 Å². The van der Waals surface area contributed by atoms with Crippen molar-refractivity contribution in [3.05, 3.63) is 41.5 Å². The minimum Gasteiger partial charge on any atom is -0.393 e. The summed E-state index contributed by atoms with van der Waals surface area (Å²) in [6.45, 7) is 6.27. The number of benzene rings is 1. The van der Waals surface area contributed by atoms with Crippen molar-refractivity contribution in [1.29, 1.82) is 0 Å². The summed E-state index contributed by atoms with van der Waals surface area (Å²) >= 11 is 0. The SMILES string of the molecule is CC(C)c1cccc(C=CCCC[C@@H](C)O)c1. The second-order valence-electron chi connectivity index (χ2n) is 5.01. The van der Waals surface area contributed by atoms with Crippen molar-refractivity contribution in [3.63, 3.8) is 0 Å². The third-order valence-electron chi connectivity index (χ3n) is 2.88. The summed E-state index contributed by atoms with van der Waals surface area (Å²) < 4.78 is 0. The number of hydrogen-bond donors (Lipinski definition) is 1. The van der Waals surface area contributed by atoms with E-state index in [-0.39, 0.29) is 6.10 Å². The topological polar surface area (TPSA) is 20.2 Å². The van der Waals surface area contributed by atoms with Gasteiger partial charge < -0.3 is 5.11 Å². The van der Waals surface area contributed by atoms with Crippen LogP contribution in [-0.2, 0) is 0 Å². The van der Waals surface area contributed by atoms with Crippen LogP contribution in [0.1, 0.15) is 57.1 Å². The summed E-state index contributed by atoms with van der Waals surface area (Å²) in [5.74, 6) is 0.582. The highest BCUT2D eigenvalue weighted by Crippen LogP contribution is 2.16. The minimum absolute atomic E-state index is 0.173. The maximum Gasteiger partial charge on any atom is 0.0512 e. The molecule has 0 aromatic heterocycles. The molecule has 0 aliphatic rings. The molecule has 0 aliphatic carbocycles. The number of hydrogen-bond acceptors (Lipinski definition) is 1. The predicted octanol–water partition coefficient (Wildman–Crippen LogP) is 4.37. The Morgan fingerprint density at radius 3 is 2.65 bits per heavy atom. The zero-order valence-electron chi connectivity index (χ0n) is 11.2. The minimum atomic E-state index is -0.173. The van der Waals surface area contributed by atoms with Crippen LogP contribution in [0.5, 0.6) is 0 Å². The summed E-state index contributed by atoms with van der Waals surface area (Å²) in [4.78, 5) is 0. The number of unbranched alkanes of at least 4 members (excludes halogenated alkanes) is 1. The lowest BCUT2D eigenvalue weighted by atomic mass is 10.0. The molecule has 0 bridgehead atoms. The van der Waals surface area contributed by atoms with E-state index < -0.39 is 0 Å². The Balaban J connectivity index is 2.45. The van der Waals surface area contributed by atoms with Gasteiger partial charge >= 0.3 is 0 Å². The maximum atomic E-state index is 9.14. The summed E-state index contributed by atoms with van der Waals surface area (Å²) in [6.07, 6.45) is 7.17. The summed E-state index contributed by atoms with van der Waals surface area (Å²) in [6, 6.07) is 8.67. The van der Waals surface area contributed by atoms with Crippen molar-refractivity contribution in [1.82, 2.24) is 0 Å². The number of aliphatic hydroxyl groups excluding tert-OH is 1. The van der Waals surface area contributed by atoms with Gasteiger partial charge in [-0.3, -0.25) is 0 Å². The van der Waals surface area contributed by atoms with Crippen LogP contribution in [0.3, 0.4) is 0 Å². The van der Waals surface area contributed by atoms with E-state index in [9.17, 15) is 0 Å². The quantitative estimate of drug-likeness (QED) is 0.722. The van der Waals surface area contributed by atoms with Gasteiger partial charge in [0.15, 0.2) is 0 Å². The molecule has 1 rings (SSSR count). The van der Waals surface area contributed by atoms with Crippen molar-refractivity contribution in [2.24, 2.45) is 0 Å². The molecule has 0 radical (unpaired) electrons. The Morgan fingerprint density at radius 2 is 2.00 bits per heavy atom. The zero-order valence-corrected chi connectivity index (χ0v) is 11.2. The normalized spacial score (nSPS) is 13.5. The van der Waals surface area contributed by atoms with Crippen LogP contribution < -0.4 is 0 Å². The summed E-state index contributed by atoms with van der Waals surface area (Å²) in [5.41, 5.74) is 2.66. The highest BCUT2D eigenvalue weighted by molar-refractivity contribution is 5.50. The van der Waals surface area contributed by atoms with E-state index in [1.807, 2.05) is 6.92 Å². The second kappa shape index (κ2) is 7.29. The fraction of sp³-hybridized carbons (Fsp3) is 0.500. The van der Waals surface area contributed by atoms with E-state index in [2.05, 4.69) is 50.3 Å². The molecule has 1 heteroatoms. The van der Waals surface area contributed by atoms with Crippen LogP contribution in [0.2, 0.25) is 0 Å². The molecular formula is C16H24O. The standard InChI is InChI=1S/C16H24O/c1-13(2)16-11-7-10-15(12-16)9-6-4-5-8-14(3)17/h6-7,9-14,17H,4-5,8H2,1-3H3/t14-/m1/s1. The van der Waals surface area contributed by atoms with Crippen molar-refractivity contribution in [3.8, 4) is 0 Å². The molecule has 1 aromatic carbocycles. The van der Waals surface area contributed by atoms with Crippen molar-refractivity contribution < 1.29 is 5.11 Å². The van der Waals surface area contributed by atoms with Crippen LogP contribution >= 0.6 is 0 Å². The van der Waals surface area contributed by atoms with Gasteiger partial charge in [0.1, 0.15) is 0 Å². The van der Waals surface area contributed by atoms with E-state index in [4.69, 9.17) is 5.11 Å². The van der Waals surface area contributed by atoms with Gasteiger partial charge in [-0.1, -0.05) is 50.3 Å². The van der Waals surface area contributed by atoms with Crippen LogP contribution in [0.4, 0.5) is 0 Å². The van der Waals surface area contributed by atoms with Gasteiger partial charge in [0.2, 0.25) is 0 Å². The maximum absolute atomic E-state index is 9.14. The van der Waals surface area contributed by atoms with Gasteiger partial charge in [-0.2, -0.15) is 0 Å². The lowest BCUT2D eigenvalue weighted by Gasteiger charge is -2.05. The van der Waals surface area contributed by atoms with E-state index in [0.29, 0.717) is 5.92 Å². The fourth-order valence-corrected chi connectivity index (χ4v) is 1.77. The van der Waals surface area contributed by atoms with E-state index >= 15 is 0 Å². The Bertz CT molecular complexity index is 350. The molecule has 0 saturated carbocycles. The second-order valence-corrected chi connectivity index (χ2v) is 5.01. The molecule has 0 amide bonds. The molecule has 0 spiro atoms. The molecule has 1 aromatic rings. The van der Waals surface area contributed by atoms with Crippen LogP contribution in [0.15, 0.2) is 30.3 Å². The summed E-state index contributed by atoms with van der Waals surface area (Å²) in [7, 11) is 0. The van der Waals surface area contributed by atoms with Gasteiger partial charge in [-0.25, -0.2) is 0 Å². The van der Waals surface area contributed by atoms with Gasteiger partial charge in [-0.15, -0.1) is 0 Å². The zero-order chi connectivity index (χ0) is 12.7. The molecular weight excluding hydrogens is 208 g/mol. The largest absolute Gasteiger partial charge is 0.393 e. The van der Waals surface area contributed by atoms with E-state index in [0.717, 1.165) is 19.3 Å². The Labute approximate surface area is 105 Å². The monoisotopic (exact) mass is 232 g/mol. The Hall–Kier alpha value is -1.08. The molecule has 1 atom stereocenters. The highest BCUT2D eigenvalue weighted by Gasteiger charge is 1.98. The Kier molecular flexibility index (Phi) is 5.99. The molecule has 1 nitrogen and oxygen atoms in total. The van der Waals surface area contributed by atoms with Gasteiger partial charge in [0.25, 0.3) is 0 Å². The van der Waals surface area contributed by atoms with Gasteiger partial charge in [-0.05, 0) is 43.2 Å². The van der Waals surface area contributed by atoms with Crippen molar-refractivity contribution in [2.75, 3.05) is 0 Å². The lowest BCUT2D eigenvalue weighted by molar-refractivity contribution is 0.182. The number of allylic oxidation sites excluding steroid dienone is 1. The fourth-order valence-electron chi connectivity index (χ4n) is 1.77. The first-order chi connectivity index (χ1) is 8.09. The average Bonchev–Trinajstić information content (AvgIpc) is 2.28. The van der Waals surface area contributed by atoms with E-state index in [1.165, 1.54) is 11.1 Å². The average molecular weight is 232 g/mol. The molecule has 0 saturated heterocycles. The van der Waals surface area contributed by atoms with Gasteiger partial charge in [0, 0.05) is 0 Å². The molecule has 0 heterocycles. The molecule has 0 unspecified atom stereocenters. The first-order valence-corrected chi connectivity index (χ1v) is 6.54. The first-order valence-electron chi connectivity index (χ1n) is 6.54. The number of aliphatic hydroxyl groups is 1. The van der Waals surface area contributed by atoms with Crippen LogP contribution in [0.25, 0.3) is 6.08 Å².